The Bertz CT molecular complexity index is 1210. The molecule has 36 heavy (non-hydrogen) atoms. The van der Waals surface area contributed by atoms with Crippen molar-refractivity contribution < 1.29 is 37.4 Å². The van der Waals surface area contributed by atoms with E-state index in [9.17, 15) is 28.0 Å². The fraction of sp³-hybridized carbons (Fsp3) is 0.250. The highest BCUT2D eigenvalue weighted by molar-refractivity contribution is 8.18. The van der Waals surface area contributed by atoms with Crippen molar-refractivity contribution in [2.75, 3.05) is 44.8 Å². The molecule has 2 aliphatic heterocycles. The van der Waals surface area contributed by atoms with Gasteiger partial charge in [-0.15, -0.1) is 0 Å². The van der Waals surface area contributed by atoms with E-state index in [1.165, 1.54) is 6.08 Å². The van der Waals surface area contributed by atoms with Crippen LogP contribution < -0.4 is 10.1 Å². The van der Waals surface area contributed by atoms with Crippen LogP contribution in [0.15, 0.2) is 47.4 Å². The smallest absolute Gasteiger partial charge is 0.294 e. The zero-order valence-electron chi connectivity index (χ0n) is 18.9. The Hall–Kier alpha value is -3.77. The summed E-state index contributed by atoms with van der Waals surface area (Å²) in [6, 6.07) is 9.21. The molecule has 0 atom stereocenters. The normalized spacial score (nSPS) is 17.0. The number of thioether (sulfide) groups is 1. The van der Waals surface area contributed by atoms with Gasteiger partial charge in [0.15, 0.2) is 6.61 Å². The fourth-order valence-electron chi connectivity index (χ4n) is 3.42. The molecular weight excluding hydrogens is 496 g/mol. The number of rotatable bonds is 7. The molecule has 0 unspecified atom stereocenters. The van der Waals surface area contributed by atoms with Crippen molar-refractivity contribution in [1.82, 2.24) is 9.80 Å². The minimum atomic E-state index is -0.977. The second kappa shape index (κ2) is 11.3. The molecule has 2 aromatic rings. The summed E-state index contributed by atoms with van der Waals surface area (Å²) in [6.07, 6.45) is 1.49. The third kappa shape index (κ3) is 6.26. The predicted octanol–water partition coefficient (Wildman–Crippen LogP) is 2.88. The quantitative estimate of drug-likeness (QED) is 0.563. The van der Waals surface area contributed by atoms with Crippen molar-refractivity contribution in [1.29, 1.82) is 0 Å². The van der Waals surface area contributed by atoms with Crippen molar-refractivity contribution in [2.24, 2.45) is 0 Å². The number of imide groups is 1. The first-order chi connectivity index (χ1) is 17.3. The summed E-state index contributed by atoms with van der Waals surface area (Å²) < 4.78 is 37.5. The van der Waals surface area contributed by atoms with Gasteiger partial charge in [-0.2, -0.15) is 0 Å². The summed E-state index contributed by atoms with van der Waals surface area (Å²) in [7, 11) is 0. The van der Waals surface area contributed by atoms with Gasteiger partial charge in [-0.05, 0) is 47.7 Å². The lowest BCUT2D eigenvalue weighted by molar-refractivity contribution is -0.137. The Morgan fingerprint density at radius 3 is 2.50 bits per heavy atom. The molecule has 2 aromatic carbocycles. The van der Waals surface area contributed by atoms with Gasteiger partial charge >= 0.3 is 0 Å². The van der Waals surface area contributed by atoms with Crippen molar-refractivity contribution in [3.63, 3.8) is 0 Å². The highest BCUT2D eigenvalue weighted by Gasteiger charge is 2.36. The molecule has 0 spiro atoms. The maximum absolute atomic E-state index is 13.7. The average Bonchev–Trinajstić information content (AvgIpc) is 3.13. The maximum atomic E-state index is 13.7. The van der Waals surface area contributed by atoms with E-state index in [0.717, 1.165) is 17.0 Å². The number of hydrogen-bond donors (Lipinski definition) is 1. The van der Waals surface area contributed by atoms with E-state index in [1.807, 2.05) is 0 Å². The minimum absolute atomic E-state index is 0.108. The van der Waals surface area contributed by atoms with Crippen LogP contribution in [-0.4, -0.2) is 72.2 Å². The second-order valence-corrected chi connectivity index (χ2v) is 8.78. The van der Waals surface area contributed by atoms with Crippen LogP contribution in [0.2, 0.25) is 0 Å². The van der Waals surface area contributed by atoms with Crippen molar-refractivity contribution in [3.8, 4) is 5.75 Å². The highest BCUT2D eigenvalue weighted by atomic mass is 32.2. The minimum Gasteiger partial charge on any atom is -0.484 e. The number of ether oxygens (including phenoxy) is 2. The molecule has 4 amide bonds. The van der Waals surface area contributed by atoms with Gasteiger partial charge in [0.05, 0.1) is 23.8 Å². The van der Waals surface area contributed by atoms with Crippen LogP contribution >= 0.6 is 11.8 Å². The van der Waals surface area contributed by atoms with Crippen LogP contribution in [-0.2, 0) is 19.1 Å². The van der Waals surface area contributed by atoms with Gasteiger partial charge < -0.3 is 19.7 Å². The van der Waals surface area contributed by atoms with E-state index in [2.05, 4.69) is 5.32 Å². The van der Waals surface area contributed by atoms with Gasteiger partial charge in [0.2, 0.25) is 5.91 Å². The Labute approximate surface area is 209 Å². The molecule has 4 rings (SSSR count). The predicted molar refractivity (Wildman–Crippen MR) is 127 cm³/mol. The maximum Gasteiger partial charge on any atom is 0.294 e. The van der Waals surface area contributed by atoms with E-state index < -0.39 is 35.2 Å². The molecule has 0 radical (unpaired) electrons. The average molecular weight is 518 g/mol. The van der Waals surface area contributed by atoms with Crippen LogP contribution in [0.3, 0.4) is 0 Å². The molecule has 1 N–H and O–H groups in total. The molecule has 0 aliphatic carbocycles. The number of morpholine rings is 1. The highest BCUT2D eigenvalue weighted by Crippen LogP contribution is 2.32. The van der Waals surface area contributed by atoms with Crippen LogP contribution in [0.1, 0.15) is 5.56 Å². The molecular formula is C24H21F2N3O6S. The Balaban J connectivity index is 1.32. The number of nitrogens with one attached hydrogen (secondary N) is 1. The third-order valence-corrected chi connectivity index (χ3v) is 6.19. The SMILES string of the molecule is O=C(CN1C(=O)S/C(=C/c2ccc(OCC(=O)N3CCOCC3)cc2)C1=O)Nc1ccc(F)cc1F. The molecule has 0 saturated carbocycles. The molecule has 12 heteroatoms. The summed E-state index contributed by atoms with van der Waals surface area (Å²) in [6.45, 7) is 1.33. The summed E-state index contributed by atoms with van der Waals surface area (Å²) >= 11 is 0.667. The number of anilines is 1. The topological polar surface area (TPSA) is 105 Å². The second-order valence-electron chi connectivity index (χ2n) is 7.79. The lowest BCUT2D eigenvalue weighted by Gasteiger charge is -2.26. The molecule has 2 saturated heterocycles. The third-order valence-electron chi connectivity index (χ3n) is 5.28. The first kappa shape index (κ1) is 25.3. The first-order valence-electron chi connectivity index (χ1n) is 10.9. The number of benzene rings is 2. The van der Waals surface area contributed by atoms with E-state index in [0.29, 0.717) is 55.4 Å². The summed E-state index contributed by atoms with van der Waals surface area (Å²) in [5, 5.41) is 1.56. The molecule has 0 bridgehead atoms. The molecule has 2 aliphatic rings. The number of amides is 4. The Kier molecular flexibility index (Phi) is 7.96. The standard InChI is InChI=1S/C24H21F2N3O6S/c25-16-3-6-19(18(26)12-16)27-21(30)13-29-23(32)20(36-24(29)33)11-15-1-4-17(5-2-15)35-14-22(31)28-7-9-34-10-8-28/h1-6,11-12H,7-10,13-14H2,(H,27,30)/b20-11+. The van der Waals surface area contributed by atoms with Crippen molar-refractivity contribution in [2.45, 2.75) is 0 Å². The van der Waals surface area contributed by atoms with E-state index in [1.54, 1.807) is 29.2 Å². The van der Waals surface area contributed by atoms with Gasteiger partial charge in [0.25, 0.3) is 17.1 Å². The van der Waals surface area contributed by atoms with Crippen LogP contribution in [0, 0.1) is 11.6 Å². The fourth-order valence-corrected chi connectivity index (χ4v) is 4.26. The molecule has 9 nitrogen and oxygen atoms in total. The van der Waals surface area contributed by atoms with Gasteiger partial charge in [-0.1, -0.05) is 12.1 Å². The van der Waals surface area contributed by atoms with E-state index in [4.69, 9.17) is 9.47 Å². The van der Waals surface area contributed by atoms with Crippen LogP contribution in [0.25, 0.3) is 6.08 Å². The molecule has 188 valence electrons. The lowest BCUT2D eigenvalue weighted by Crippen LogP contribution is -2.42. The largest absolute Gasteiger partial charge is 0.484 e. The zero-order valence-corrected chi connectivity index (χ0v) is 19.7. The number of halogens is 2. The molecule has 0 aromatic heterocycles. The number of carbonyl (C=O) groups excluding carboxylic acids is 4. The Morgan fingerprint density at radius 2 is 1.81 bits per heavy atom. The summed E-state index contributed by atoms with van der Waals surface area (Å²) in [4.78, 5) is 51.8. The van der Waals surface area contributed by atoms with Crippen LogP contribution in [0.5, 0.6) is 5.75 Å². The molecule has 2 heterocycles. The zero-order chi connectivity index (χ0) is 25.7. The Morgan fingerprint density at radius 1 is 1.08 bits per heavy atom. The van der Waals surface area contributed by atoms with E-state index >= 15 is 0 Å². The van der Waals surface area contributed by atoms with Crippen LogP contribution in [0.4, 0.5) is 19.3 Å². The summed E-state index contributed by atoms with van der Waals surface area (Å²) in [5.41, 5.74) is 0.336. The monoisotopic (exact) mass is 517 g/mol. The first-order valence-corrected chi connectivity index (χ1v) is 11.7. The van der Waals surface area contributed by atoms with Gasteiger partial charge in [-0.3, -0.25) is 24.1 Å². The van der Waals surface area contributed by atoms with Gasteiger partial charge in [0.1, 0.15) is 23.9 Å². The number of nitrogens with zero attached hydrogens (tertiary/aromatic N) is 2. The van der Waals surface area contributed by atoms with E-state index in [-0.39, 0.29) is 23.1 Å². The number of hydrogen-bond acceptors (Lipinski definition) is 7. The van der Waals surface area contributed by atoms with Gasteiger partial charge in [0, 0.05) is 19.2 Å². The lowest BCUT2D eigenvalue weighted by atomic mass is 10.2. The van der Waals surface area contributed by atoms with Gasteiger partial charge in [-0.25, -0.2) is 8.78 Å². The van der Waals surface area contributed by atoms with Crippen molar-refractivity contribution in [3.05, 3.63) is 64.6 Å². The number of carbonyl (C=O) groups is 4. The van der Waals surface area contributed by atoms with Crippen molar-refractivity contribution >= 4 is 46.5 Å². The molecule has 2 fully saturated rings. The summed E-state index contributed by atoms with van der Waals surface area (Å²) in [5.74, 6) is -2.93.